The number of halogens is 1. The van der Waals surface area contributed by atoms with Crippen LogP contribution < -0.4 is 0 Å². The van der Waals surface area contributed by atoms with Gasteiger partial charge in [0.25, 0.3) is 0 Å². The van der Waals surface area contributed by atoms with Gasteiger partial charge in [0, 0.05) is 25.0 Å². The minimum absolute atomic E-state index is 0.0669. The van der Waals surface area contributed by atoms with Crippen LogP contribution in [0, 0.1) is 11.7 Å². The van der Waals surface area contributed by atoms with Gasteiger partial charge in [-0.15, -0.1) is 11.8 Å². The van der Waals surface area contributed by atoms with Gasteiger partial charge in [-0.3, -0.25) is 4.79 Å². The van der Waals surface area contributed by atoms with E-state index in [-0.39, 0.29) is 17.6 Å². The van der Waals surface area contributed by atoms with Gasteiger partial charge in [-0.05, 0) is 96.9 Å². The lowest BCUT2D eigenvalue weighted by atomic mass is 9.92. The third-order valence-corrected chi connectivity index (χ3v) is 7.37. The summed E-state index contributed by atoms with van der Waals surface area (Å²) in [5.41, 5.74) is 5.94. The number of hydrogen-bond acceptors (Lipinski definition) is 3. The highest BCUT2D eigenvalue weighted by Crippen LogP contribution is 2.46. The van der Waals surface area contributed by atoms with E-state index in [0.29, 0.717) is 6.54 Å². The summed E-state index contributed by atoms with van der Waals surface area (Å²) < 4.78 is 14.3. The largest absolute Gasteiger partial charge is 0.344 e. The van der Waals surface area contributed by atoms with Crippen LogP contribution in [0.4, 0.5) is 4.39 Å². The molecule has 3 nitrogen and oxygen atoms in total. The second-order valence-corrected chi connectivity index (χ2v) is 9.45. The number of likely N-dealkylation sites (N-methyl/N-ethyl adjacent to an activating group) is 2. The fraction of sp³-hybridized carbons (Fsp3) is 0.393. The van der Waals surface area contributed by atoms with Crippen LogP contribution in [-0.4, -0.2) is 55.2 Å². The zero-order valence-corrected chi connectivity index (χ0v) is 21.4. The first-order valence-electron chi connectivity index (χ1n) is 11.6. The Hall–Kier alpha value is -2.37. The molecule has 0 radical (unpaired) electrons. The lowest BCUT2D eigenvalue weighted by molar-refractivity contribution is -0.132. The normalized spacial score (nSPS) is 15.3. The van der Waals surface area contributed by atoms with Gasteiger partial charge in [-0.25, -0.2) is 4.39 Å². The maximum absolute atomic E-state index is 14.3. The summed E-state index contributed by atoms with van der Waals surface area (Å²) in [6.07, 6.45) is 4.20. The monoisotopic (exact) mass is 466 g/mol. The van der Waals surface area contributed by atoms with E-state index in [4.69, 9.17) is 0 Å². The first-order valence-corrected chi connectivity index (χ1v) is 12.9. The third-order valence-electron chi connectivity index (χ3n) is 6.62. The molecule has 0 fully saturated rings. The van der Waals surface area contributed by atoms with E-state index in [1.54, 1.807) is 17.8 Å². The minimum Gasteiger partial charge on any atom is -0.344 e. The molecule has 1 amide bonds. The summed E-state index contributed by atoms with van der Waals surface area (Å²) in [5, 5.41) is 0. The van der Waals surface area contributed by atoms with Crippen molar-refractivity contribution in [3.63, 3.8) is 0 Å². The Morgan fingerprint density at radius 2 is 1.73 bits per heavy atom. The van der Waals surface area contributed by atoms with Crippen molar-refractivity contribution in [2.45, 2.75) is 32.6 Å². The molecule has 0 spiro atoms. The summed E-state index contributed by atoms with van der Waals surface area (Å²) in [6, 6.07) is 13.3. The predicted molar refractivity (Wildman–Crippen MR) is 140 cm³/mol. The molecule has 0 bridgehead atoms. The second-order valence-electron chi connectivity index (χ2n) is 8.57. The molecule has 5 heteroatoms. The van der Waals surface area contributed by atoms with Crippen LogP contribution in [0.3, 0.4) is 0 Å². The lowest BCUT2D eigenvalue weighted by Gasteiger charge is -2.26. The Morgan fingerprint density at radius 1 is 1.06 bits per heavy atom. The van der Waals surface area contributed by atoms with Gasteiger partial charge in [0.05, 0.1) is 5.92 Å². The molecule has 176 valence electrons. The molecule has 1 aliphatic carbocycles. The molecule has 0 aliphatic heterocycles. The summed E-state index contributed by atoms with van der Waals surface area (Å²) in [6.45, 7) is 11.7. The molecule has 3 rings (SSSR count). The molecule has 0 aromatic heterocycles. The number of amides is 1. The molecule has 1 atom stereocenters. The van der Waals surface area contributed by atoms with Crippen molar-refractivity contribution < 1.29 is 9.18 Å². The molecule has 1 unspecified atom stereocenters. The van der Waals surface area contributed by atoms with Gasteiger partial charge >= 0.3 is 0 Å². The number of nitrogens with zero attached hydrogens (tertiary/aromatic N) is 2. The number of benzene rings is 2. The minimum atomic E-state index is -0.350. The zero-order chi connectivity index (χ0) is 24.1. The van der Waals surface area contributed by atoms with E-state index in [1.807, 2.05) is 24.9 Å². The molecule has 2 aromatic carbocycles. The standard InChI is InChI=1S/C28H35FN2OS/c1-7-31(8-2)16-15-30(5)28(32)20(4)27-19(3)25(24-14-11-22(29)18-26(24)27)17-21-9-12-23(33-6)13-10-21/h9-14,17-18,20H,7-8,15-16H2,1-6H3/b25-17-. The molecular formula is C28H35FN2OS. The highest BCUT2D eigenvalue weighted by Gasteiger charge is 2.32. The Balaban J connectivity index is 1.94. The topological polar surface area (TPSA) is 23.6 Å². The van der Waals surface area contributed by atoms with Crippen molar-refractivity contribution in [1.82, 2.24) is 9.80 Å². The first kappa shape index (κ1) is 25.3. The predicted octanol–water partition coefficient (Wildman–Crippen LogP) is 6.31. The van der Waals surface area contributed by atoms with Crippen molar-refractivity contribution in [1.29, 1.82) is 0 Å². The van der Waals surface area contributed by atoms with Crippen molar-refractivity contribution >= 4 is 34.9 Å². The van der Waals surface area contributed by atoms with Crippen LogP contribution in [0.2, 0.25) is 0 Å². The molecular weight excluding hydrogens is 431 g/mol. The molecule has 0 N–H and O–H groups in total. The van der Waals surface area contributed by atoms with Gasteiger partial charge in [0.15, 0.2) is 0 Å². The number of thioether (sulfide) groups is 1. The second kappa shape index (κ2) is 11.2. The molecule has 0 saturated heterocycles. The zero-order valence-electron chi connectivity index (χ0n) is 20.6. The maximum Gasteiger partial charge on any atom is 0.229 e. The highest BCUT2D eigenvalue weighted by molar-refractivity contribution is 7.98. The first-order chi connectivity index (χ1) is 15.8. The van der Waals surface area contributed by atoms with E-state index >= 15 is 0 Å². The lowest BCUT2D eigenvalue weighted by Crippen LogP contribution is -2.38. The van der Waals surface area contributed by atoms with Crippen molar-refractivity contribution in [2.75, 3.05) is 39.5 Å². The number of rotatable bonds is 9. The van der Waals surface area contributed by atoms with Gasteiger partial charge in [-0.1, -0.05) is 32.0 Å². The fourth-order valence-electron chi connectivity index (χ4n) is 4.53. The van der Waals surface area contributed by atoms with E-state index in [1.165, 1.54) is 11.0 Å². The van der Waals surface area contributed by atoms with E-state index in [2.05, 4.69) is 62.3 Å². The average molecular weight is 467 g/mol. The average Bonchev–Trinajstić information content (AvgIpc) is 3.09. The Morgan fingerprint density at radius 3 is 2.33 bits per heavy atom. The molecule has 2 aromatic rings. The van der Waals surface area contributed by atoms with Gasteiger partial charge in [0.2, 0.25) is 5.91 Å². The molecule has 33 heavy (non-hydrogen) atoms. The Labute approximate surface area is 202 Å². The maximum atomic E-state index is 14.3. The summed E-state index contributed by atoms with van der Waals surface area (Å²) in [5.74, 6) is -0.562. The Kier molecular flexibility index (Phi) is 8.55. The number of carbonyl (C=O) groups is 1. The Bertz CT molecular complexity index is 1050. The van der Waals surface area contributed by atoms with Crippen LogP contribution in [-0.2, 0) is 4.79 Å². The fourth-order valence-corrected chi connectivity index (χ4v) is 4.94. The molecule has 0 heterocycles. The van der Waals surface area contributed by atoms with E-state index < -0.39 is 0 Å². The summed E-state index contributed by atoms with van der Waals surface area (Å²) in [7, 11) is 1.86. The van der Waals surface area contributed by atoms with Gasteiger partial charge in [0.1, 0.15) is 5.82 Å². The van der Waals surface area contributed by atoms with Crippen LogP contribution >= 0.6 is 11.8 Å². The van der Waals surface area contributed by atoms with Crippen LogP contribution in [0.15, 0.2) is 52.9 Å². The third kappa shape index (κ3) is 5.59. The smallest absolute Gasteiger partial charge is 0.229 e. The summed E-state index contributed by atoms with van der Waals surface area (Å²) >= 11 is 1.71. The van der Waals surface area contributed by atoms with Gasteiger partial charge in [-0.2, -0.15) is 0 Å². The quantitative estimate of drug-likeness (QED) is 0.405. The SMILES string of the molecule is CCN(CC)CCN(C)C(=O)C(C)C1=C(C)/C(=C/c2ccc(SC)cc2)c2ccc(F)cc21. The van der Waals surface area contributed by atoms with Crippen LogP contribution in [0.1, 0.15) is 44.4 Å². The van der Waals surface area contributed by atoms with Crippen LogP contribution in [0.5, 0.6) is 0 Å². The van der Waals surface area contributed by atoms with Gasteiger partial charge < -0.3 is 9.80 Å². The highest BCUT2D eigenvalue weighted by atomic mass is 32.2. The number of carbonyl (C=O) groups excluding carboxylic acids is 1. The van der Waals surface area contributed by atoms with Crippen LogP contribution in [0.25, 0.3) is 17.2 Å². The van der Waals surface area contributed by atoms with Crippen molar-refractivity contribution in [3.8, 4) is 0 Å². The van der Waals surface area contributed by atoms with Crippen molar-refractivity contribution in [3.05, 3.63) is 70.5 Å². The number of fused-ring (bicyclic) bond motifs is 1. The molecule has 0 saturated carbocycles. The molecule has 1 aliphatic rings. The van der Waals surface area contributed by atoms with E-state index in [0.717, 1.165) is 53.0 Å². The summed E-state index contributed by atoms with van der Waals surface area (Å²) in [4.78, 5) is 18.7. The number of allylic oxidation sites excluding steroid dienone is 2. The van der Waals surface area contributed by atoms with Crippen molar-refractivity contribution in [2.24, 2.45) is 5.92 Å². The van der Waals surface area contributed by atoms with E-state index in [9.17, 15) is 9.18 Å². The number of hydrogen-bond donors (Lipinski definition) is 0.